The van der Waals surface area contributed by atoms with Crippen molar-refractivity contribution in [2.75, 3.05) is 31.1 Å². The van der Waals surface area contributed by atoms with Gasteiger partial charge in [0.05, 0.1) is 29.4 Å². The fourth-order valence-corrected chi connectivity index (χ4v) is 16.0. The van der Waals surface area contributed by atoms with Gasteiger partial charge in [0.15, 0.2) is 9.84 Å². The van der Waals surface area contributed by atoms with E-state index in [1.807, 2.05) is 6.92 Å². The monoisotopic (exact) mass is 777 g/mol. The minimum atomic E-state index is -2.98. The Bertz CT molecular complexity index is 1510. The highest BCUT2D eigenvalue weighted by atomic mass is 32.2. The van der Waals surface area contributed by atoms with Gasteiger partial charge in [-0.25, -0.2) is 8.42 Å². The van der Waals surface area contributed by atoms with E-state index in [4.69, 9.17) is 4.74 Å². The molecule has 54 heavy (non-hydrogen) atoms. The largest absolute Gasteiger partial charge is 0.481 e. The average Bonchev–Trinajstić information content (AvgIpc) is 3.45. The number of carbonyl (C=O) groups excluding carboxylic acids is 1. The Balaban J connectivity index is 1.20. The van der Waals surface area contributed by atoms with E-state index in [-0.39, 0.29) is 57.3 Å². The number of carboxylic acids is 1. The number of fused-ring (bicyclic) bond motifs is 7. The standard InChI is InChI=1S/C44H76N2O7S/c1-28(2)30-13-19-44(45-22-16-32(29(3)47)46-23-25-54(51,52)26-24-46)21-20-42(9)31(37(30)44)11-12-34-41(8)17-15-35(53-36(48)27-39(4,5)38(49)50)40(6,7)33(41)14-18-43(34,42)10/h28-35,37,45,47H,11-27H2,1-10H3,(H,49,50)/t29-,30+,31-,32-,33+,34-,35+,37-,41+,42-,43-,44+/m1/s1. The van der Waals surface area contributed by atoms with Crippen LogP contribution in [0.15, 0.2) is 0 Å². The third kappa shape index (κ3) is 7.03. The molecule has 5 saturated carbocycles. The van der Waals surface area contributed by atoms with Crippen LogP contribution in [0.4, 0.5) is 0 Å². The molecule has 3 N–H and O–H groups in total. The highest BCUT2D eigenvalue weighted by Gasteiger charge is 2.71. The predicted octanol–water partition coefficient (Wildman–Crippen LogP) is 7.35. The van der Waals surface area contributed by atoms with Crippen molar-refractivity contribution in [2.24, 2.45) is 62.6 Å². The van der Waals surface area contributed by atoms with E-state index in [0.29, 0.717) is 48.6 Å². The summed E-state index contributed by atoms with van der Waals surface area (Å²) >= 11 is 0. The van der Waals surface area contributed by atoms with Crippen LogP contribution in [0, 0.1) is 62.6 Å². The molecule has 6 rings (SSSR count). The molecular weight excluding hydrogens is 701 g/mol. The van der Waals surface area contributed by atoms with E-state index in [2.05, 4.69) is 58.7 Å². The average molecular weight is 777 g/mol. The molecule has 0 aromatic rings. The van der Waals surface area contributed by atoms with Gasteiger partial charge in [0, 0.05) is 30.1 Å². The smallest absolute Gasteiger partial charge is 0.309 e. The van der Waals surface area contributed by atoms with Gasteiger partial charge in [-0.3, -0.25) is 14.5 Å². The molecule has 5 aliphatic carbocycles. The Hall–Kier alpha value is -1.23. The number of hydrogen-bond acceptors (Lipinski definition) is 8. The molecule has 310 valence electrons. The lowest BCUT2D eigenvalue weighted by Crippen LogP contribution is -2.69. The molecule has 0 aromatic carbocycles. The van der Waals surface area contributed by atoms with Gasteiger partial charge in [0.1, 0.15) is 6.10 Å². The van der Waals surface area contributed by atoms with Crippen LogP contribution in [-0.2, 0) is 24.2 Å². The van der Waals surface area contributed by atoms with Gasteiger partial charge in [-0.15, -0.1) is 0 Å². The summed E-state index contributed by atoms with van der Waals surface area (Å²) < 4.78 is 30.5. The number of esters is 1. The SMILES string of the molecule is CC(C)[C@@H]1CC[C@]2(NCC[C@H]([C@@H](C)O)N3CCS(=O)(=O)CC3)CC[C@]3(C)[C@H](CC[C@@H]4[C@@]5(C)CC[C@H](OC(=O)CC(C)(C)C(=O)O)C(C)(C)[C@@H]5CC[C@]43C)[C@@H]12. The van der Waals surface area contributed by atoms with Crippen LogP contribution in [-0.4, -0.2) is 90.4 Å². The first-order chi connectivity index (χ1) is 24.9. The number of aliphatic hydroxyl groups excluding tert-OH is 1. The number of hydrogen-bond donors (Lipinski definition) is 3. The van der Waals surface area contributed by atoms with Crippen molar-refractivity contribution in [2.45, 2.75) is 170 Å². The molecule has 10 heteroatoms. The van der Waals surface area contributed by atoms with Gasteiger partial charge in [-0.1, -0.05) is 48.5 Å². The molecule has 0 unspecified atom stereocenters. The molecule has 0 radical (unpaired) electrons. The molecule has 0 spiro atoms. The van der Waals surface area contributed by atoms with Crippen molar-refractivity contribution in [1.29, 1.82) is 0 Å². The second-order valence-corrected chi connectivity index (χ2v) is 24.0. The number of aliphatic hydroxyl groups is 1. The summed E-state index contributed by atoms with van der Waals surface area (Å²) in [5, 5.41) is 24.7. The van der Waals surface area contributed by atoms with Crippen LogP contribution in [0.25, 0.3) is 0 Å². The van der Waals surface area contributed by atoms with Crippen molar-refractivity contribution in [1.82, 2.24) is 10.2 Å². The summed E-state index contributed by atoms with van der Waals surface area (Å²) in [6.45, 7) is 24.4. The molecule has 1 aliphatic heterocycles. The fraction of sp³-hybridized carbons (Fsp3) is 0.955. The Morgan fingerprint density at radius 3 is 2.15 bits per heavy atom. The first kappa shape index (κ1) is 42.4. The number of ether oxygens (including phenoxy) is 1. The molecule has 6 aliphatic rings. The van der Waals surface area contributed by atoms with Crippen molar-refractivity contribution in [3.8, 4) is 0 Å². The third-order valence-electron chi connectivity index (χ3n) is 18.0. The second-order valence-electron chi connectivity index (χ2n) is 21.7. The molecule has 0 bridgehead atoms. The van der Waals surface area contributed by atoms with Gasteiger partial charge in [0.2, 0.25) is 0 Å². The molecule has 1 saturated heterocycles. The summed E-state index contributed by atoms with van der Waals surface area (Å²) in [7, 11) is -2.98. The van der Waals surface area contributed by atoms with Gasteiger partial charge < -0.3 is 20.3 Å². The van der Waals surface area contributed by atoms with Gasteiger partial charge in [0.25, 0.3) is 0 Å². The number of aliphatic carboxylic acids is 1. The van der Waals surface area contributed by atoms with Gasteiger partial charge in [-0.05, 0) is 150 Å². The summed E-state index contributed by atoms with van der Waals surface area (Å²) in [6.07, 6.45) is 11.6. The van der Waals surface area contributed by atoms with E-state index < -0.39 is 33.3 Å². The highest BCUT2D eigenvalue weighted by molar-refractivity contribution is 7.91. The zero-order chi connectivity index (χ0) is 39.9. The molecule has 0 aromatic heterocycles. The first-order valence-electron chi connectivity index (χ1n) is 21.7. The quantitative estimate of drug-likeness (QED) is 0.184. The molecule has 6 fully saturated rings. The fourth-order valence-electron chi connectivity index (χ4n) is 14.8. The van der Waals surface area contributed by atoms with E-state index >= 15 is 0 Å². The summed E-state index contributed by atoms with van der Waals surface area (Å²) in [5.74, 6) is 2.62. The Kier molecular flexibility index (Phi) is 11.4. The van der Waals surface area contributed by atoms with Crippen molar-refractivity contribution < 1.29 is 33.0 Å². The minimum Gasteiger partial charge on any atom is -0.481 e. The number of nitrogens with zero attached hydrogens (tertiary/aromatic N) is 1. The van der Waals surface area contributed by atoms with Crippen molar-refractivity contribution in [3.05, 3.63) is 0 Å². The minimum absolute atomic E-state index is 0.0382. The van der Waals surface area contributed by atoms with Crippen LogP contribution < -0.4 is 5.32 Å². The summed E-state index contributed by atoms with van der Waals surface area (Å²) in [5.41, 5.74) is -0.633. The molecule has 0 amide bonds. The van der Waals surface area contributed by atoms with Crippen molar-refractivity contribution >= 4 is 21.8 Å². The molecule has 1 heterocycles. The number of nitrogens with one attached hydrogen (secondary N) is 1. The van der Waals surface area contributed by atoms with E-state index in [1.165, 1.54) is 44.9 Å². The number of sulfone groups is 1. The second kappa shape index (κ2) is 14.5. The Morgan fingerprint density at radius 2 is 1.54 bits per heavy atom. The normalized spacial score (nSPS) is 42.9. The summed E-state index contributed by atoms with van der Waals surface area (Å²) in [4.78, 5) is 27.1. The third-order valence-corrected chi connectivity index (χ3v) is 19.6. The van der Waals surface area contributed by atoms with E-state index in [1.54, 1.807) is 13.8 Å². The van der Waals surface area contributed by atoms with E-state index in [9.17, 15) is 28.2 Å². The van der Waals surface area contributed by atoms with Crippen LogP contribution in [0.1, 0.15) is 146 Å². The number of rotatable bonds is 11. The van der Waals surface area contributed by atoms with Crippen molar-refractivity contribution in [3.63, 3.8) is 0 Å². The van der Waals surface area contributed by atoms with E-state index in [0.717, 1.165) is 32.2 Å². The molecular formula is C44H76N2O7S. The molecule has 12 atom stereocenters. The van der Waals surface area contributed by atoms with Gasteiger partial charge >= 0.3 is 11.9 Å². The Morgan fingerprint density at radius 1 is 0.870 bits per heavy atom. The zero-order valence-electron chi connectivity index (χ0n) is 35.5. The van der Waals surface area contributed by atoms with Crippen LogP contribution >= 0.6 is 0 Å². The maximum Gasteiger partial charge on any atom is 0.309 e. The predicted molar refractivity (Wildman–Crippen MR) is 214 cm³/mol. The zero-order valence-corrected chi connectivity index (χ0v) is 36.3. The lowest BCUT2D eigenvalue weighted by Gasteiger charge is -2.73. The number of carboxylic acid groups (broad SMARTS) is 1. The van der Waals surface area contributed by atoms with Gasteiger partial charge in [-0.2, -0.15) is 0 Å². The summed E-state index contributed by atoms with van der Waals surface area (Å²) in [6, 6.07) is -0.0382. The lowest BCUT2D eigenvalue weighted by molar-refractivity contribution is -0.247. The molecule has 9 nitrogen and oxygen atoms in total. The first-order valence-corrected chi connectivity index (χ1v) is 23.6. The number of carbonyl (C=O) groups is 2. The maximum atomic E-state index is 13.1. The lowest BCUT2D eigenvalue weighted by atomic mass is 9.32. The van der Waals surface area contributed by atoms with Crippen LogP contribution in [0.3, 0.4) is 0 Å². The highest BCUT2D eigenvalue weighted by Crippen LogP contribution is 2.76. The topological polar surface area (TPSA) is 133 Å². The Labute approximate surface area is 327 Å². The van der Waals surface area contributed by atoms with Crippen LogP contribution in [0.5, 0.6) is 0 Å². The van der Waals surface area contributed by atoms with Crippen LogP contribution in [0.2, 0.25) is 0 Å². The maximum absolute atomic E-state index is 13.1.